The Hall–Kier alpha value is -2.22. The summed E-state index contributed by atoms with van der Waals surface area (Å²) < 4.78 is 0. The molecule has 0 aliphatic heterocycles. The summed E-state index contributed by atoms with van der Waals surface area (Å²) in [4.78, 5) is 18.0. The van der Waals surface area contributed by atoms with E-state index in [-0.39, 0.29) is 0 Å². The van der Waals surface area contributed by atoms with E-state index in [4.69, 9.17) is 0 Å². The van der Waals surface area contributed by atoms with Gasteiger partial charge in [-0.05, 0) is 19.8 Å². The number of hydrogen-bond acceptors (Lipinski definition) is 8. The van der Waals surface area contributed by atoms with Crippen molar-refractivity contribution in [1.29, 1.82) is 0 Å². The summed E-state index contributed by atoms with van der Waals surface area (Å²) in [5.41, 5.74) is 2.27. The molecule has 0 aromatic carbocycles. The molecule has 2 aromatic rings. The lowest BCUT2D eigenvalue weighted by Gasteiger charge is -2.13. The van der Waals surface area contributed by atoms with E-state index >= 15 is 0 Å². The minimum atomic E-state index is -0.472. The third kappa shape index (κ3) is 4.16. The van der Waals surface area contributed by atoms with Crippen molar-refractivity contribution in [2.45, 2.75) is 39.7 Å². The first-order valence-electron chi connectivity index (χ1n) is 8.01. The van der Waals surface area contributed by atoms with Crippen molar-refractivity contribution < 1.29 is 5.11 Å². The summed E-state index contributed by atoms with van der Waals surface area (Å²) >= 11 is 0. The number of rotatable bonds is 8. The number of anilines is 3. The molecule has 8 heteroatoms. The normalized spacial score (nSPS) is 12.2. The summed E-state index contributed by atoms with van der Waals surface area (Å²) in [6.45, 7) is 7.03. The highest BCUT2D eigenvalue weighted by Crippen LogP contribution is 2.24. The van der Waals surface area contributed by atoms with Gasteiger partial charge >= 0.3 is 0 Å². The van der Waals surface area contributed by atoms with Crippen molar-refractivity contribution >= 4 is 28.7 Å². The lowest BCUT2D eigenvalue weighted by atomic mass is 10.2. The van der Waals surface area contributed by atoms with Crippen LogP contribution in [0, 0.1) is 0 Å². The Bertz CT molecular complexity index is 660. The molecule has 8 nitrogen and oxygen atoms in total. The van der Waals surface area contributed by atoms with E-state index in [1.807, 2.05) is 14.0 Å². The van der Waals surface area contributed by atoms with Crippen LogP contribution in [-0.2, 0) is 6.42 Å². The van der Waals surface area contributed by atoms with E-state index < -0.39 is 6.10 Å². The van der Waals surface area contributed by atoms with Gasteiger partial charge in [0, 0.05) is 20.1 Å². The quantitative estimate of drug-likeness (QED) is 0.581. The number of nitrogens with zero attached hydrogens (tertiary/aromatic N) is 4. The maximum Gasteiger partial charge on any atom is 0.225 e. The van der Waals surface area contributed by atoms with Crippen molar-refractivity contribution in [3.05, 3.63) is 5.69 Å². The van der Waals surface area contributed by atoms with E-state index in [9.17, 15) is 5.11 Å². The molecule has 2 aromatic heterocycles. The van der Waals surface area contributed by atoms with Gasteiger partial charge in [0.15, 0.2) is 5.82 Å². The number of aliphatic hydroxyl groups excluding tert-OH is 1. The van der Waals surface area contributed by atoms with Gasteiger partial charge < -0.3 is 21.1 Å². The van der Waals surface area contributed by atoms with Gasteiger partial charge in [0.05, 0.1) is 11.8 Å². The first-order valence-corrected chi connectivity index (χ1v) is 8.01. The van der Waals surface area contributed by atoms with Crippen molar-refractivity contribution in [3.8, 4) is 0 Å². The molecule has 2 rings (SSSR count). The molecule has 1 unspecified atom stereocenters. The molecule has 0 radical (unpaired) electrons. The van der Waals surface area contributed by atoms with Crippen LogP contribution in [0.5, 0.6) is 0 Å². The Labute approximate surface area is 136 Å². The van der Waals surface area contributed by atoms with Crippen LogP contribution in [0.2, 0.25) is 0 Å². The second-order valence-corrected chi connectivity index (χ2v) is 5.35. The number of aryl methyl sites for hydroxylation is 1. The lowest BCUT2D eigenvalue weighted by Crippen LogP contribution is -2.18. The summed E-state index contributed by atoms with van der Waals surface area (Å²) in [5, 5.41) is 18.7. The molecule has 2 heterocycles. The van der Waals surface area contributed by atoms with Gasteiger partial charge in [0.2, 0.25) is 11.9 Å². The number of hydrogen-bond donors (Lipinski definition) is 4. The van der Waals surface area contributed by atoms with Crippen LogP contribution in [-0.4, -0.2) is 51.3 Å². The van der Waals surface area contributed by atoms with Crippen molar-refractivity contribution in [3.63, 3.8) is 0 Å². The van der Waals surface area contributed by atoms with Crippen LogP contribution in [0.25, 0.3) is 11.0 Å². The molecule has 0 amide bonds. The molecule has 4 N–H and O–H groups in total. The number of aliphatic hydroxyl groups is 1. The fraction of sp³-hybridized carbons (Fsp3) is 0.600. The molecular formula is C15H25N7O. The van der Waals surface area contributed by atoms with Gasteiger partial charge in [-0.2, -0.15) is 4.98 Å². The van der Waals surface area contributed by atoms with Crippen molar-refractivity contribution in [2.75, 3.05) is 36.1 Å². The monoisotopic (exact) mass is 319 g/mol. The molecule has 0 aliphatic carbocycles. The molecule has 0 aliphatic rings. The predicted octanol–water partition coefficient (Wildman–Crippen LogP) is 1.64. The van der Waals surface area contributed by atoms with Crippen LogP contribution in [0.1, 0.15) is 32.9 Å². The molecule has 0 bridgehead atoms. The smallest absolute Gasteiger partial charge is 0.225 e. The zero-order valence-corrected chi connectivity index (χ0v) is 14.1. The molecule has 0 saturated heterocycles. The fourth-order valence-electron chi connectivity index (χ4n) is 2.13. The Kier molecular flexibility index (Phi) is 5.86. The lowest BCUT2D eigenvalue weighted by molar-refractivity contribution is 0.208. The third-order valence-corrected chi connectivity index (χ3v) is 3.28. The topological polar surface area (TPSA) is 108 Å². The minimum Gasteiger partial charge on any atom is -0.392 e. The first kappa shape index (κ1) is 17.1. The molecular weight excluding hydrogens is 294 g/mol. The van der Waals surface area contributed by atoms with Crippen LogP contribution < -0.4 is 16.0 Å². The van der Waals surface area contributed by atoms with Gasteiger partial charge in [0.25, 0.3) is 0 Å². The number of fused-ring (bicyclic) bond motifs is 1. The van der Waals surface area contributed by atoms with E-state index in [1.54, 1.807) is 6.92 Å². The zero-order chi connectivity index (χ0) is 16.8. The van der Waals surface area contributed by atoms with E-state index in [0.717, 1.165) is 30.6 Å². The Morgan fingerprint density at radius 3 is 2.30 bits per heavy atom. The van der Waals surface area contributed by atoms with Gasteiger partial charge in [-0.25, -0.2) is 15.0 Å². The highest BCUT2D eigenvalue weighted by atomic mass is 16.3. The summed E-state index contributed by atoms with van der Waals surface area (Å²) in [7, 11) is 1.81. The highest BCUT2D eigenvalue weighted by Gasteiger charge is 2.14. The highest BCUT2D eigenvalue weighted by molar-refractivity contribution is 5.88. The van der Waals surface area contributed by atoms with Crippen LogP contribution in [0.15, 0.2) is 0 Å². The van der Waals surface area contributed by atoms with Gasteiger partial charge in [0.1, 0.15) is 11.0 Å². The van der Waals surface area contributed by atoms with E-state index in [1.165, 1.54) is 0 Å². The second kappa shape index (κ2) is 7.87. The van der Waals surface area contributed by atoms with Gasteiger partial charge in [-0.1, -0.05) is 13.8 Å². The average molecular weight is 319 g/mol. The predicted molar refractivity (Wildman–Crippen MR) is 93.0 cm³/mol. The Morgan fingerprint density at radius 1 is 1.00 bits per heavy atom. The SMILES string of the molecule is CCCNc1nc(NC)c2nc(NCC(C)O)nc(CC)c2n1. The summed E-state index contributed by atoms with van der Waals surface area (Å²) in [6, 6.07) is 0. The summed E-state index contributed by atoms with van der Waals surface area (Å²) in [6.07, 6.45) is 1.26. The van der Waals surface area contributed by atoms with E-state index in [2.05, 4.69) is 42.8 Å². The first-order chi connectivity index (χ1) is 11.1. The zero-order valence-electron chi connectivity index (χ0n) is 14.1. The average Bonchev–Trinajstić information content (AvgIpc) is 2.56. The molecule has 23 heavy (non-hydrogen) atoms. The van der Waals surface area contributed by atoms with Gasteiger partial charge in [-0.15, -0.1) is 0 Å². The van der Waals surface area contributed by atoms with Crippen molar-refractivity contribution in [2.24, 2.45) is 0 Å². The van der Waals surface area contributed by atoms with Crippen LogP contribution in [0.4, 0.5) is 17.7 Å². The summed E-state index contributed by atoms with van der Waals surface area (Å²) in [5.74, 6) is 1.71. The maximum atomic E-state index is 9.41. The number of nitrogens with one attached hydrogen (secondary N) is 3. The van der Waals surface area contributed by atoms with Crippen LogP contribution >= 0.6 is 0 Å². The molecule has 0 fully saturated rings. The minimum absolute atomic E-state index is 0.389. The molecule has 0 saturated carbocycles. The molecule has 0 spiro atoms. The van der Waals surface area contributed by atoms with Crippen LogP contribution in [0.3, 0.4) is 0 Å². The number of aromatic nitrogens is 4. The standard InChI is InChI=1S/C15H25N7O/c1-5-7-17-14-20-11-10(6-2)19-15(18-8-9(3)23)21-12(11)13(16-4)22-14/h9,23H,5-8H2,1-4H3,(H,18,19,21)(H2,16,17,20,22). The largest absolute Gasteiger partial charge is 0.392 e. The molecule has 126 valence electrons. The maximum absolute atomic E-state index is 9.41. The Balaban J connectivity index is 2.49. The van der Waals surface area contributed by atoms with Gasteiger partial charge in [-0.3, -0.25) is 0 Å². The molecule has 1 atom stereocenters. The fourth-order valence-corrected chi connectivity index (χ4v) is 2.13. The third-order valence-electron chi connectivity index (χ3n) is 3.28. The van der Waals surface area contributed by atoms with E-state index in [0.29, 0.717) is 29.8 Å². The van der Waals surface area contributed by atoms with Crippen molar-refractivity contribution in [1.82, 2.24) is 19.9 Å². The Morgan fingerprint density at radius 2 is 1.70 bits per heavy atom. The second-order valence-electron chi connectivity index (χ2n) is 5.35.